The van der Waals surface area contributed by atoms with E-state index in [2.05, 4.69) is 4.74 Å². The molecule has 0 saturated carbocycles. The molecule has 11 heteroatoms. The topological polar surface area (TPSA) is 61.8 Å². The van der Waals surface area contributed by atoms with E-state index < -0.39 is 37.3 Å². The monoisotopic (exact) mass is 518 g/mol. The van der Waals surface area contributed by atoms with Crippen LogP contribution >= 0.6 is 0 Å². The summed E-state index contributed by atoms with van der Waals surface area (Å²) in [5, 5.41) is 0.912. The van der Waals surface area contributed by atoms with Crippen molar-refractivity contribution in [1.29, 1.82) is 0 Å². The zero-order valence-corrected chi connectivity index (χ0v) is 21.9. The van der Waals surface area contributed by atoms with E-state index in [0.717, 1.165) is 0 Å². The summed E-state index contributed by atoms with van der Waals surface area (Å²) in [6, 6.07) is 9.35. The number of ether oxygens (including phenoxy) is 3. The van der Waals surface area contributed by atoms with Gasteiger partial charge < -0.3 is 14.2 Å². The minimum absolute atomic E-state index is 0. The van der Waals surface area contributed by atoms with Gasteiger partial charge in [0, 0.05) is 10.8 Å². The largest absolute Gasteiger partial charge is 1.00 e. The average molecular weight is 519 g/mol. The molecular weight excluding hydrogens is 501 g/mol. The third-order valence-corrected chi connectivity index (χ3v) is 4.10. The van der Waals surface area contributed by atoms with Crippen LogP contribution in [0.3, 0.4) is 0 Å². The van der Waals surface area contributed by atoms with E-state index in [4.69, 9.17) is 9.47 Å². The van der Waals surface area contributed by atoms with Gasteiger partial charge in [-0.2, -0.15) is 35.3 Å². The number of carbonyl (C=O) groups excluding carboxylic acids is 2. The third-order valence-electron chi connectivity index (χ3n) is 4.10. The molecule has 5 nitrogen and oxygen atoms in total. The zero-order chi connectivity index (χ0) is 22.5. The fraction of sp³-hybridized carbons (Fsp3) is 0.350. The molecule has 0 aliphatic carbocycles. The normalized spacial score (nSPS) is 11.5. The Balaban J connectivity index is 0.00000480. The SMILES string of the molecule is CC[C-](C)C(=O)Oc1cccc2c(OCC(=O)OCC(F)(F)C(F)(F)F)cccc12.[Rb+]. The van der Waals surface area contributed by atoms with Gasteiger partial charge in [0.15, 0.2) is 19.2 Å². The van der Waals surface area contributed by atoms with Crippen LogP contribution in [0.1, 0.15) is 20.3 Å². The van der Waals surface area contributed by atoms with Crippen LogP contribution in [0.2, 0.25) is 0 Å². The molecule has 2 rings (SSSR count). The Hall–Kier alpha value is -1.23. The first-order valence-electron chi connectivity index (χ1n) is 8.75. The van der Waals surface area contributed by atoms with Crippen molar-refractivity contribution >= 4 is 22.7 Å². The van der Waals surface area contributed by atoms with Crippen LogP contribution in [0, 0.1) is 5.92 Å². The number of halogens is 5. The summed E-state index contributed by atoms with van der Waals surface area (Å²) in [7, 11) is 0. The summed E-state index contributed by atoms with van der Waals surface area (Å²) >= 11 is 0. The Morgan fingerprint density at radius 3 is 2.06 bits per heavy atom. The predicted octanol–water partition coefficient (Wildman–Crippen LogP) is 1.87. The minimum atomic E-state index is -5.83. The smallest absolute Gasteiger partial charge is 0.481 e. The molecule has 0 amide bonds. The van der Waals surface area contributed by atoms with Gasteiger partial charge in [0.05, 0.1) is 0 Å². The molecule has 0 aliphatic rings. The van der Waals surface area contributed by atoms with Gasteiger partial charge in [-0.05, 0) is 12.1 Å². The Bertz CT molecular complexity index is 916. The molecule has 164 valence electrons. The fourth-order valence-corrected chi connectivity index (χ4v) is 2.23. The minimum Gasteiger partial charge on any atom is -0.481 e. The first-order valence-corrected chi connectivity index (χ1v) is 8.75. The second-order valence-electron chi connectivity index (χ2n) is 6.28. The number of alkyl halides is 5. The Kier molecular flexibility index (Phi) is 10.4. The molecule has 2 aromatic rings. The number of fused-ring (bicyclic) bond motifs is 1. The van der Waals surface area contributed by atoms with Crippen LogP contribution in [-0.4, -0.2) is 37.3 Å². The zero-order valence-electron chi connectivity index (χ0n) is 17.0. The van der Waals surface area contributed by atoms with E-state index >= 15 is 0 Å². The molecular formula is C20H18F5O5Rb. The Labute approximate surface area is 224 Å². The van der Waals surface area contributed by atoms with Crippen molar-refractivity contribution in [2.45, 2.75) is 32.4 Å². The van der Waals surface area contributed by atoms with Gasteiger partial charge in [0.25, 0.3) is 0 Å². The number of carbonyl (C=O) groups is 2. The summed E-state index contributed by atoms with van der Waals surface area (Å²) in [4.78, 5) is 23.5. The first-order chi connectivity index (χ1) is 14.0. The van der Waals surface area contributed by atoms with Crippen molar-refractivity contribution in [2.75, 3.05) is 13.2 Å². The van der Waals surface area contributed by atoms with Crippen molar-refractivity contribution in [3.8, 4) is 11.5 Å². The van der Waals surface area contributed by atoms with Crippen molar-refractivity contribution in [3.63, 3.8) is 0 Å². The van der Waals surface area contributed by atoms with Gasteiger partial charge in [-0.1, -0.05) is 31.2 Å². The Morgan fingerprint density at radius 2 is 1.52 bits per heavy atom. The molecule has 0 radical (unpaired) electrons. The van der Waals surface area contributed by atoms with E-state index in [1.54, 1.807) is 38.1 Å². The average Bonchev–Trinajstić information content (AvgIpc) is 2.69. The summed E-state index contributed by atoms with van der Waals surface area (Å²) in [5.41, 5.74) is 0. The molecule has 0 atom stereocenters. The van der Waals surface area contributed by atoms with Crippen molar-refractivity contribution < 1.29 is 104 Å². The summed E-state index contributed by atoms with van der Waals surface area (Å²) in [5.74, 6) is -6.19. The van der Waals surface area contributed by atoms with E-state index in [9.17, 15) is 31.5 Å². The van der Waals surface area contributed by atoms with Gasteiger partial charge in [0.1, 0.15) is 11.5 Å². The van der Waals surface area contributed by atoms with Crippen LogP contribution < -0.4 is 67.7 Å². The molecule has 0 saturated heterocycles. The van der Waals surface area contributed by atoms with Gasteiger partial charge in [-0.25, -0.2) is 4.79 Å². The van der Waals surface area contributed by atoms with Crippen LogP contribution in [0.4, 0.5) is 22.0 Å². The van der Waals surface area contributed by atoms with Crippen LogP contribution in [0.5, 0.6) is 11.5 Å². The summed E-state index contributed by atoms with van der Waals surface area (Å²) < 4.78 is 76.5. The number of rotatable bonds is 8. The quantitative estimate of drug-likeness (QED) is 0.231. The maximum atomic E-state index is 12.8. The maximum Gasteiger partial charge on any atom is 1.00 e. The Morgan fingerprint density at radius 1 is 0.968 bits per heavy atom. The standard InChI is InChI=1S/C20H18F5O5.Rb/c1-3-12(2)18(27)30-16-9-5-6-13-14(16)7-4-8-15(13)28-10-17(26)29-11-19(21,22)20(23,24)25;/h4-9H,3,10-11H2,1-2H3;/q-1;+1. The summed E-state index contributed by atoms with van der Waals surface area (Å²) in [6.45, 7) is 0.409. The van der Waals surface area contributed by atoms with Crippen molar-refractivity contribution in [3.05, 3.63) is 42.3 Å². The van der Waals surface area contributed by atoms with Gasteiger partial charge >= 0.3 is 76.3 Å². The second-order valence-corrected chi connectivity index (χ2v) is 6.28. The molecule has 0 aliphatic heterocycles. The molecule has 2 aromatic carbocycles. The van der Waals surface area contributed by atoms with Crippen molar-refractivity contribution in [2.24, 2.45) is 0 Å². The molecule has 0 aromatic heterocycles. The number of benzene rings is 2. The predicted molar refractivity (Wildman–Crippen MR) is 96.2 cm³/mol. The third kappa shape index (κ3) is 7.40. The van der Waals surface area contributed by atoms with E-state index in [1.165, 1.54) is 12.1 Å². The number of esters is 2. The molecule has 0 spiro atoms. The summed E-state index contributed by atoms with van der Waals surface area (Å²) in [6.07, 6.45) is -5.32. The van der Waals surface area contributed by atoms with E-state index in [1.807, 2.05) is 0 Å². The fourth-order valence-electron chi connectivity index (χ4n) is 2.23. The number of hydrogen-bond acceptors (Lipinski definition) is 5. The van der Waals surface area contributed by atoms with Crippen LogP contribution in [0.25, 0.3) is 10.8 Å². The van der Waals surface area contributed by atoms with Gasteiger partial charge in [-0.3, -0.25) is 10.7 Å². The first kappa shape index (κ1) is 27.8. The maximum absolute atomic E-state index is 12.8. The molecule has 0 bridgehead atoms. The molecule has 0 N–H and O–H groups in total. The van der Waals surface area contributed by atoms with Crippen molar-refractivity contribution in [1.82, 2.24) is 0 Å². The van der Waals surface area contributed by atoms with Gasteiger partial charge in [-0.15, -0.1) is 0 Å². The van der Waals surface area contributed by atoms with E-state index in [0.29, 0.717) is 23.1 Å². The van der Waals surface area contributed by atoms with Gasteiger partial charge in [0.2, 0.25) is 0 Å². The van der Waals surface area contributed by atoms with Crippen LogP contribution in [-0.2, 0) is 14.3 Å². The van der Waals surface area contributed by atoms with E-state index in [-0.39, 0.29) is 69.7 Å². The molecule has 0 unspecified atom stereocenters. The molecule has 31 heavy (non-hydrogen) atoms. The van der Waals surface area contributed by atoms with Crippen LogP contribution in [0.15, 0.2) is 36.4 Å². The second kappa shape index (κ2) is 11.6. The number of hydrogen-bond donors (Lipinski definition) is 0. The molecule has 0 fully saturated rings. The molecule has 0 heterocycles.